The molecule has 0 spiro atoms. The summed E-state index contributed by atoms with van der Waals surface area (Å²) < 4.78 is 0. The molecule has 3 N–H and O–H groups in total. The molecule has 2 aromatic carbocycles. The lowest BCUT2D eigenvalue weighted by Gasteiger charge is -2.14. The van der Waals surface area contributed by atoms with Crippen molar-refractivity contribution in [1.82, 2.24) is 20.6 Å². The van der Waals surface area contributed by atoms with Crippen molar-refractivity contribution >= 4 is 35.5 Å². The zero-order valence-electron chi connectivity index (χ0n) is 14.3. The van der Waals surface area contributed by atoms with Crippen molar-refractivity contribution in [2.45, 2.75) is 10.3 Å². The van der Waals surface area contributed by atoms with Crippen LogP contribution in [0.4, 0.5) is 0 Å². The predicted octanol–water partition coefficient (Wildman–Crippen LogP) is 2.10. The number of H-pyrrole nitrogens is 2. The smallest absolute Gasteiger partial charge is 0.271 e. The zero-order chi connectivity index (χ0) is 19.9. The number of amides is 1. The van der Waals surface area contributed by atoms with Crippen LogP contribution in [-0.4, -0.2) is 27.3 Å². The number of hydrogen-bond donors (Lipinski definition) is 3. The molecule has 1 atom stereocenters. The first-order chi connectivity index (χ1) is 13.5. The van der Waals surface area contributed by atoms with Crippen LogP contribution in [0.25, 0.3) is 0 Å². The average molecular weight is 416 g/mol. The molecule has 3 aromatic rings. The molecule has 0 aliphatic carbocycles. The van der Waals surface area contributed by atoms with Crippen LogP contribution in [0.5, 0.6) is 0 Å². The summed E-state index contributed by atoms with van der Waals surface area (Å²) in [5, 5.41) is 9.51. The largest absolute Gasteiger partial charge is 0.342 e. The summed E-state index contributed by atoms with van der Waals surface area (Å²) in [7, 11) is 0. The molecule has 0 saturated heterocycles. The quantitative estimate of drug-likeness (QED) is 0.323. The summed E-state index contributed by atoms with van der Waals surface area (Å²) in [5.74, 6) is -0.457. The Balaban J connectivity index is 1.81. The lowest BCUT2D eigenvalue weighted by Crippen LogP contribution is -2.28. The highest BCUT2D eigenvalue weighted by Gasteiger charge is 2.24. The van der Waals surface area contributed by atoms with Gasteiger partial charge in [-0.2, -0.15) is 10.2 Å². The van der Waals surface area contributed by atoms with Gasteiger partial charge in [-0.25, -0.2) is 15.3 Å². The molecule has 0 aliphatic heterocycles. The summed E-state index contributed by atoms with van der Waals surface area (Å²) in [4.78, 5) is 37.8. The van der Waals surface area contributed by atoms with Crippen molar-refractivity contribution in [1.29, 1.82) is 0 Å². The lowest BCUT2D eigenvalue weighted by molar-refractivity contribution is -0.120. The van der Waals surface area contributed by atoms with Crippen LogP contribution in [0, 0.1) is 0 Å². The van der Waals surface area contributed by atoms with Crippen LogP contribution in [0.15, 0.2) is 74.3 Å². The fourth-order valence-electron chi connectivity index (χ4n) is 2.25. The molecule has 0 aliphatic rings. The Morgan fingerprint density at radius 3 is 2.68 bits per heavy atom. The van der Waals surface area contributed by atoms with E-state index in [1.807, 2.05) is 6.07 Å². The monoisotopic (exact) mass is 415 g/mol. The van der Waals surface area contributed by atoms with Crippen LogP contribution in [-0.2, 0) is 4.79 Å². The number of halogens is 1. The average Bonchev–Trinajstić information content (AvgIpc) is 2.68. The number of aromatic amines is 2. The van der Waals surface area contributed by atoms with Crippen molar-refractivity contribution in [3.63, 3.8) is 0 Å². The lowest BCUT2D eigenvalue weighted by atomic mass is 10.1. The molecule has 8 nitrogen and oxygen atoms in total. The minimum atomic E-state index is -0.808. The van der Waals surface area contributed by atoms with Gasteiger partial charge in [0, 0.05) is 5.02 Å². The Hall–Kier alpha value is -3.17. The number of benzene rings is 2. The van der Waals surface area contributed by atoms with E-state index in [4.69, 9.17) is 11.6 Å². The molecule has 0 saturated carbocycles. The second-order valence-electron chi connectivity index (χ2n) is 5.51. The molecule has 1 aromatic heterocycles. The van der Waals surface area contributed by atoms with Gasteiger partial charge in [0.2, 0.25) is 0 Å². The maximum atomic E-state index is 12.7. The van der Waals surface area contributed by atoms with Crippen LogP contribution >= 0.6 is 23.4 Å². The number of hydrogen-bond acceptors (Lipinski definition) is 6. The number of aromatic nitrogens is 3. The van der Waals surface area contributed by atoms with E-state index in [2.05, 4.69) is 25.7 Å². The summed E-state index contributed by atoms with van der Waals surface area (Å²) >= 11 is 6.82. The number of rotatable bonds is 6. The molecule has 3 rings (SSSR count). The molecule has 10 heteroatoms. The van der Waals surface area contributed by atoms with Gasteiger partial charge in [-0.1, -0.05) is 65.8 Å². The van der Waals surface area contributed by atoms with Gasteiger partial charge >= 0.3 is 5.69 Å². The van der Waals surface area contributed by atoms with E-state index in [1.54, 1.807) is 48.5 Å². The number of nitrogens with one attached hydrogen (secondary N) is 3. The first-order valence-corrected chi connectivity index (χ1v) is 9.28. The summed E-state index contributed by atoms with van der Waals surface area (Å²) in [6, 6.07) is 15.8. The van der Waals surface area contributed by atoms with Crippen molar-refractivity contribution in [2.24, 2.45) is 5.10 Å². The van der Waals surface area contributed by atoms with Gasteiger partial charge in [-0.3, -0.25) is 14.6 Å². The maximum absolute atomic E-state index is 12.7. The highest BCUT2D eigenvalue weighted by atomic mass is 35.5. The minimum Gasteiger partial charge on any atom is -0.271 e. The zero-order valence-corrected chi connectivity index (χ0v) is 15.8. The third-order valence-corrected chi connectivity index (χ3v) is 4.94. The van der Waals surface area contributed by atoms with Crippen LogP contribution in [0.1, 0.15) is 16.4 Å². The molecule has 1 amide bonds. The van der Waals surface area contributed by atoms with E-state index in [1.165, 1.54) is 6.21 Å². The topological polar surface area (TPSA) is 120 Å². The Labute approximate surface area is 168 Å². The van der Waals surface area contributed by atoms with Gasteiger partial charge in [-0.15, -0.1) is 0 Å². The van der Waals surface area contributed by atoms with E-state index in [9.17, 15) is 14.4 Å². The number of nitrogens with zero attached hydrogens (tertiary/aromatic N) is 2. The van der Waals surface area contributed by atoms with Gasteiger partial charge in [0.05, 0.1) is 6.21 Å². The summed E-state index contributed by atoms with van der Waals surface area (Å²) in [6.45, 7) is 0. The van der Waals surface area contributed by atoms with Gasteiger partial charge in [0.15, 0.2) is 5.03 Å². The standard InChI is InChI=1S/C18H14ClN5O3S/c19-13-8-4-5-11(9-13)10-20-22-15(25)14(12-6-2-1-3-7-12)28-17-16(26)21-18(27)24-23-17/h1-10,14H,(H,22,25)(H2,21,24,26,27)/b20-10-. The van der Waals surface area contributed by atoms with Gasteiger partial charge in [0.25, 0.3) is 11.5 Å². The second-order valence-corrected chi connectivity index (χ2v) is 7.04. The van der Waals surface area contributed by atoms with E-state index in [0.717, 1.165) is 17.3 Å². The minimum absolute atomic E-state index is 0.0394. The van der Waals surface area contributed by atoms with Crippen molar-refractivity contribution < 1.29 is 4.79 Å². The van der Waals surface area contributed by atoms with Crippen LogP contribution in [0.2, 0.25) is 5.02 Å². The fourth-order valence-corrected chi connectivity index (χ4v) is 3.38. The Morgan fingerprint density at radius 1 is 1.18 bits per heavy atom. The SMILES string of the molecule is O=C(N/N=C\c1cccc(Cl)c1)C(Sc1n[nH]c(=O)[nH]c1=O)c1ccccc1. The molecule has 0 bridgehead atoms. The van der Waals surface area contributed by atoms with Gasteiger partial charge in [0.1, 0.15) is 5.25 Å². The van der Waals surface area contributed by atoms with E-state index in [0.29, 0.717) is 10.6 Å². The van der Waals surface area contributed by atoms with Crippen molar-refractivity contribution in [2.75, 3.05) is 0 Å². The van der Waals surface area contributed by atoms with Crippen LogP contribution < -0.4 is 16.7 Å². The molecular formula is C18H14ClN5O3S. The van der Waals surface area contributed by atoms with E-state index < -0.39 is 22.4 Å². The normalized spacial score (nSPS) is 12.0. The first kappa shape index (κ1) is 19.6. The number of thioether (sulfide) groups is 1. The Kier molecular flexibility index (Phi) is 6.41. The molecule has 1 unspecified atom stereocenters. The highest BCUT2D eigenvalue weighted by Crippen LogP contribution is 2.32. The number of hydrazone groups is 1. The molecule has 1 heterocycles. The summed E-state index contributed by atoms with van der Waals surface area (Å²) in [5.41, 5.74) is 2.42. The third-order valence-electron chi connectivity index (χ3n) is 3.49. The van der Waals surface area contributed by atoms with Crippen molar-refractivity contribution in [3.8, 4) is 0 Å². The Morgan fingerprint density at radius 2 is 1.96 bits per heavy atom. The fraction of sp³-hybridized carbons (Fsp3) is 0.0556. The molecule has 142 valence electrons. The van der Waals surface area contributed by atoms with Gasteiger partial charge < -0.3 is 0 Å². The first-order valence-electron chi connectivity index (χ1n) is 8.02. The van der Waals surface area contributed by atoms with E-state index >= 15 is 0 Å². The number of carbonyl (C=O) groups is 1. The van der Waals surface area contributed by atoms with E-state index in [-0.39, 0.29) is 5.03 Å². The molecular weight excluding hydrogens is 402 g/mol. The highest BCUT2D eigenvalue weighted by molar-refractivity contribution is 8.00. The molecule has 0 radical (unpaired) electrons. The Bertz CT molecular complexity index is 1110. The third kappa shape index (κ3) is 5.18. The summed E-state index contributed by atoms with van der Waals surface area (Å²) in [6.07, 6.45) is 1.46. The van der Waals surface area contributed by atoms with Gasteiger partial charge in [-0.05, 0) is 23.3 Å². The molecule has 28 heavy (non-hydrogen) atoms. The van der Waals surface area contributed by atoms with Crippen LogP contribution in [0.3, 0.4) is 0 Å². The maximum Gasteiger partial charge on any atom is 0.342 e. The predicted molar refractivity (Wildman–Crippen MR) is 108 cm³/mol. The molecule has 0 fully saturated rings. The second kappa shape index (κ2) is 9.16. The number of carbonyl (C=O) groups excluding carboxylic acids is 1. The van der Waals surface area contributed by atoms with Crippen molar-refractivity contribution in [3.05, 3.63) is 91.6 Å².